The van der Waals surface area contributed by atoms with Gasteiger partial charge in [-0.15, -0.1) is 0 Å². The second-order valence-electron chi connectivity index (χ2n) is 3.45. The summed E-state index contributed by atoms with van der Waals surface area (Å²) in [5.41, 5.74) is 2.13. The fraction of sp³-hybridized carbons (Fsp3) is 0.167. The predicted molar refractivity (Wildman–Crippen MR) is 61.8 cm³/mol. The van der Waals surface area contributed by atoms with Gasteiger partial charge in [-0.1, -0.05) is 6.07 Å². The Hall–Kier alpha value is -2.30. The highest BCUT2D eigenvalue weighted by Gasteiger charge is 2.03. The molecule has 17 heavy (non-hydrogen) atoms. The summed E-state index contributed by atoms with van der Waals surface area (Å²) in [6.45, 7) is 1.48. The van der Waals surface area contributed by atoms with Crippen LogP contribution in [0.15, 0.2) is 30.7 Å². The van der Waals surface area contributed by atoms with Crippen molar-refractivity contribution in [3.63, 3.8) is 0 Å². The van der Waals surface area contributed by atoms with E-state index in [1.54, 1.807) is 24.7 Å². The minimum Gasteiger partial charge on any atom is -0.467 e. The molecule has 0 saturated carbocycles. The van der Waals surface area contributed by atoms with E-state index < -0.39 is 0 Å². The number of carbonyl (C=O) groups is 1. The van der Waals surface area contributed by atoms with Crippen LogP contribution >= 0.6 is 0 Å². The Balaban J connectivity index is 2.29. The van der Waals surface area contributed by atoms with Gasteiger partial charge >= 0.3 is 6.01 Å². The summed E-state index contributed by atoms with van der Waals surface area (Å²) in [5, 5.41) is 0. The molecular formula is C12H11N3O2. The number of ether oxygens (including phenoxy) is 1. The highest BCUT2D eigenvalue weighted by molar-refractivity contribution is 5.92. The van der Waals surface area contributed by atoms with Crippen molar-refractivity contribution >= 4 is 5.78 Å². The standard InChI is InChI=1S/C12H11N3O2/c1-8(16)11-4-3-9(5-13-11)10-6-14-12(17-2)15-7-10/h3-7H,1-2H3. The van der Waals surface area contributed by atoms with Gasteiger partial charge in [-0.3, -0.25) is 9.78 Å². The molecule has 0 spiro atoms. The van der Waals surface area contributed by atoms with Crippen molar-refractivity contribution < 1.29 is 9.53 Å². The molecule has 2 aromatic heterocycles. The summed E-state index contributed by atoms with van der Waals surface area (Å²) in [7, 11) is 1.51. The Morgan fingerprint density at radius 3 is 2.18 bits per heavy atom. The summed E-state index contributed by atoms with van der Waals surface area (Å²) < 4.78 is 4.87. The van der Waals surface area contributed by atoms with Crippen LogP contribution in [-0.4, -0.2) is 27.8 Å². The van der Waals surface area contributed by atoms with Gasteiger partial charge in [0, 0.05) is 36.6 Å². The van der Waals surface area contributed by atoms with E-state index in [2.05, 4.69) is 15.0 Å². The molecule has 2 aromatic rings. The average molecular weight is 229 g/mol. The van der Waals surface area contributed by atoms with E-state index in [1.807, 2.05) is 6.07 Å². The van der Waals surface area contributed by atoms with Crippen molar-refractivity contribution in [3.05, 3.63) is 36.4 Å². The topological polar surface area (TPSA) is 65.0 Å². The van der Waals surface area contributed by atoms with Crippen LogP contribution in [0, 0.1) is 0 Å². The summed E-state index contributed by atoms with van der Waals surface area (Å²) in [6, 6.07) is 3.82. The van der Waals surface area contributed by atoms with Crippen molar-refractivity contribution in [1.29, 1.82) is 0 Å². The largest absolute Gasteiger partial charge is 0.467 e. The van der Waals surface area contributed by atoms with Crippen LogP contribution in [0.25, 0.3) is 11.1 Å². The van der Waals surface area contributed by atoms with Crippen LogP contribution in [-0.2, 0) is 0 Å². The molecule has 0 unspecified atom stereocenters. The summed E-state index contributed by atoms with van der Waals surface area (Å²) in [6.07, 6.45) is 4.93. The molecule has 0 bridgehead atoms. The highest BCUT2D eigenvalue weighted by atomic mass is 16.5. The lowest BCUT2D eigenvalue weighted by molar-refractivity contribution is 0.101. The number of Topliss-reactive ketones (excluding diaryl/α,β-unsaturated/α-hetero) is 1. The number of pyridine rings is 1. The molecule has 0 aliphatic rings. The van der Waals surface area contributed by atoms with Crippen molar-refractivity contribution in [2.45, 2.75) is 6.92 Å². The molecular weight excluding hydrogens is 218 g/mol. The van der Waals surface area contributed by atoms with Gasteiger partial charge in [-0.2, -0.15) is 0 Å². The number of aromatic nitrogens is 3. The molecule has 2 heterocycles. The van der Waals surface area contributed by atoms with Gasteiger partial charge in [0.15, 0.2) is 5.78 Å². The van der Waals surface area contributed by atoms with Crippen molar-refractivity contribution in [1.82, 2.24) is 15.0 Å². The third-order valence-electron chi connectivity index (χ3n) is 2.27. The van der Waals surface area contributed by atoms with Crippen molar-refractivity contribution in [3.8, 4) is 17.1 Å². The molecule has 86 valence electrons. The first-order valence-corrected chi connectivity index (χ1v) is 5.04. The lowest BCUT2D eigenvalue weighted by Gasteiger charge is -2.02. The zero-order valence-electron chi connectivity index (χ0n) is 9.54. The molecule has 0 aliphatic heterocycles. The molecule has 0 fully saturated rings. The number of hydrogen-bond donors (Lipinski definition) is 0. The molecule has 2 rings (SSSR count). The normalized spacial score (nSPS) is 10.0. The first-order valence-electron chi connectivity index (χ1n) is 5.04. The molecule has 5 nitrogen and oxygen atoms in total. The lowest BCUT2D eigenvalue weighted by atomic mass is 10.1. The van der Waals surface area contributed by atoms with Gasteiger partial charge < -0.3 is 4.74 Å². The molecule has 0 radical (unpaired) electrons. The molecule has 0 aromatic carbocycles. The van der Waals surface area contributed by atoms with Gasteiger partial charge in [0.1, 0.15) is 5.69 Å². The smallest absolute Gasteiger partial charge is 0.316 e. The molecule has 0 N–H and O–H groups in total. The van der Waals surface area contributed by atoms with Crippen LogP contribution in [0.3, 0.4) is 0 Å². The number of carbonyl (C=O) groups excluding carboxylic acids is 1. The van der Waals surface area contributed by atoms with Crippen LogP contribution in [0.1, 0.15) is 17.4 Å². The Labute approximate surface area is 98.5 Å². The van der Waals surface area contributed by atoms with Crippen LogP contribution in [0.4, 0.5) is 0 Å². The van der Waals surface area contributed by atoms with E-state index in [4.69, 9.17) is 4.74 Å². The third kappa shape index (κ3) is 2.44. The maximum absolute atomic E-state index is 11.1. The highest BCUT2D eigenvalue weighted by Crippen LogP contribution is 2.17. The Morgan fingerprint density at radius 2 is 1.71 bits per heavy atom. The van der Waals surface area contributed by atoms with Gasteiger partial charge in [0.05, 0.1) is 7.11 Å². The average Bonchev–Trinajstić information content (AvgIpc) is 2.39. The molecule has 0 atom stereocenters. The zero-order valence-corrected chi connectivity index (χ0v) is 9.54. The monoisotopic (exact) mass is 229 g/mol. The van der Waals surface area contributed by atoms with E-state index >= 15 is 0 Å². The minimum atomic E-state index is -0.0532. The Morgan fingerprint density at radius 1 is 1.06 bits per heavy atom. The Bertz CT molecular complexity index is 520. The molecule has 0 aliphatic carbocycles. The second-order valence-corrected chi connectivity index (χ2v) is 3.45. The van der Waals surface area contributed by atoms with E-state index in [1.165, 1.54) is 14.0 Å². The molecule has 5 heteroatoms. The number of ketones is 1. The predicted octanol–water partition coefficient (Wildman–Crippen LogP) is 1.75. The SMILES string of the molecule is COc1ncc(-c2ccc(C(C)=O)nc2)cn1. The number of nitrogens with zero attached hydrogens (tertiary/aromatic N) is 3. The van der Waals surface area contributed by atoms with E-state index in [9.17, 15) is 4.79 Å². The van der Waals surface area contributed by atoms with Crippen LogP contribution in [0.2, 0.25) is 0 Å². The van der Waals surface area contributed by atoms with Gasteiger partial charge in [-0.05, 0) is 6.07 Å². The minimum absolute atomic E-state index is 0.0532. The quantitative estimate of drug-likeness (QED) is 0.750. The molecule has 0 amide bonds. The first-order chi connectivity index (χ1) is 8.20. The number of methoxy groups -OCH3 is 1. The third-order valence-corrected chi connectivity index (χ3v) is 2.27. The first kappa shape index (κ1) is 11.2. The fourth-order valence-electron chi connectivity index (χ4n) is 1.34. The van der Waals surface area contributed by atoms with Crippen LogP contribution in [0.5, 0.6) is 6.01 Å². The second kappa shape index (κ2) is 4.69. The maximum Gasteiger partial charge on any atom is 0.316 e. The van der Waals surface area contributed by atoms with Crippen molar-refractivity contribution in [2.75, 3.05) is 7.11 Å². The van der Waals surface area contributed by atoms with Gasteiger partial charge in [0.25, 0.3) is 0 Å². The summed E-state index contributed by atoms with van der Waals surface area (Å²) in [4.78, 5) is 23.1. The number of hydrogen-bond acceptors (Lipinski definition) is 5. The lowest BCUT2D eigenvalue weighted by Crippen LogP contribution is -1.96. The van der Waals surface area contributed by atoms with E-state index in [-0.39, 0.29) is 5.78 Å². The van der Waals surface area contributed by atoms with Gasteiger partial charge in [0.2, 0.25) is 0 Å². The van der Waals surface area contributed by atoms with Crippen molar-refractivity contribution in [2.24, 2.45) is 0 Å². The maximum atomic E-state index is 11.1. The zero-order chi connectivity index (χ0) is 12.3. The summed E-state index contributed by atoms with van der Waals surface area (Å²) >= 11 is 0. The van der Waals surface area contributed by atoms with E-state index in [0.29, 0.717) is 11.7 Å². The molecule has 0 saturated heterocycles. The van der Waals surface area contributed by atoms with E-state index in [0.717, 1.165) is 11.1 Å². The summed E-state index contributed by atoms with van der Waals surface area (Å²) in [5.74, 6) is -0.0532. The van der Waals surface area contributed by atoms with Crippen LogP contribution < -0.4 is 4.74 Å². The Kier molecular flexibility index (Phi) is 3.09. The fourth-order valence-corrected chi connectivity index (χ4v) is 1.34. The number of rotatable bonds is 3. The van der Waals surface area contributed by atoms with Gasteiger partial charge in [-0.25, -0.2) is 9.97 Å².